The summed E-state index contributed by atoms with van der Waals surface area (Å²) in [5, 5.41) is 10.5. The quantitative estimate of drug-likeness (QED) is 0.711. The average molecular weight is 378 g/mol. The maximum Gasteiger partial charge on any atom is 0.306 e. The molecule has 1 saturated heterocycles. The molecule has 28 heavy (non-hydrogen) atoms. The van der Waals surface area contributed by atoms with Gasteiger partial charge in [-0.1, -0.05) is 31.2 Å². The van der Waals surface area contributed by atoms with Gasteiger partial charge in [0.15, 0.2) is 5.43 Å². The van der Waals surface area contributed by atoms with Crippen molar-refractivity contribution in [3.8, 4) is 0 Å². The van der Waals surface area contributed by atoms with Crippen LogP contribution >= 0.6 is 0 Å². The molecule has 2 aromatic carbocycles. The number of aromatic nitrogens is 1. The molecular weight excluding hydrogens is 356 g/mol. The van der Waals surface area contributed by atoms with Crippen LogP contribution in [0.15, 0.2) is 53.3 Å². The molecule has 0 spiro atoms. The average Bonchev–Trinajstić information content (AvgIpc) is 2.70. The van der Waals surface area contributed by atoms with E-state index in [-0.39, 0.29) is 23.8 Å². The molecule has 0 saturated carbocycles. The summed E-state index contributed by atoms with van der Waals surface area (Å²) < 4.78 is 1.89. The van der Waals surface area contributed by atoms with Gasteiger partial charge in [-0.05, 0) is 36.6 Å². The number of amides is 1. The predicted molar refractivity (Wildman–Crippen MR) is 107 cm³/mol. The Kier molecular flexibility index (Phi) is 4.63. The molecule has 2 heterocycles. The van der Waals surface area contributed by atoms with E-state index in [0.29, 0.717) is 30.3 Å². The van der Waals surface area contributed by atoms with E-state index in [1.54, 1.807) is 17.0 Å². The number of pyridine rings is 1. The topological polar surface area (TPSA) is 79.6 Å². The Morgan fingerprint density at radius 3 is 2.14 bits per heavy atom. The molecule has 1 aliphatic rings. The molecule has 0 aliphatic carbocycles. The van der Waals surface area contributed by atoms with Crippen molar-refractivity contribution in [1.29, 1.82) is 0 Å². The van der Waals surface area contributed by atoms with Crippen molar-refractivity contribution in [2.45, 2.75) is 19.9 Å². The Hall–Kier alpha value is -3.15. The highest BCUT2D eigenvalue weighted by Crippen LogP contribution is 2.25. The minimum Gasteiger partial charge on any atom is -0.481 e. The fourth-order valence-electron chi connectivity index (χ4n) is 4.22. The van der Waals surface area contributed by atoms with Crippen molar-refractivity contribution < 1.29 is 14.7 Å². The van der Waals surface area contributed by atoms with E-state index in [1.165, 1.54) is 0 Å². The monoisotopic (exact) mass is 378 g/mol. The van der Waals surface area contributed by atoms with Gasteiger partial charge in [0.25, 0.3) is 0 Å². The number of carboxylic acids is 1. The molecule has 4 rings (SSSR count). The Labute approximate surface area is 162 Å². The summed E-state index contributed by atoms with van der Waals surface area (Å²) in [7, 11) is 0. The minimum absolute atomic E-state index is 0.0363. The fraction of sp³-hybridized carbons (Fsp3) is 0.318. The van der Waals surface area contributed by atoms with Crippen LogP contribution in [0, 0.1) is 11.8 Å². The maximum absolute atomic E-state index is 13.0. The molecule has 1 N–H and O–H groups in total. The number of piperidine rings is 1. The van der Waals surface area contributed by atoms with Crippen LogP contribution in [-0.2, 0) is 16.1 Å². The second-order valence-corrected chi connectivity index (χ2v) is 7.50. The van der Waals surface area contributed by atoms with Gasteiger partial charge in [-0.15, -0.1) is 0 Å². The van der Waals surface area contributed by atoms with Crippen molar-refractivity contribution >= 4 is 33.7 Å². The van der Waals surface area contributed by atoms with E-state index < -0.39 is 11.9 Å². The van der Waals surface area contributed by atoms with Gasteiger partial charge in [-0.3, -0.25) is 14.4 Å². The van der Waals surface area contributed by atoms with Crippen LogP contribution < -0.4 is 5.43 Å². The van der Waals surface area contributed by atoms with Crippen LogP contribution in [0.2, 0.25) is 0 Å². The SMILES string of the molecule is CC1CN(C(=O)Cn2c3ccccc3c(=O)c3ccccc32)CCC1C(=O)O. The first-order valence-corrected chi connectivity index (χ1v) is 9.48. The lowest BCUT2D eigenvalue weighted by atomic mass is 9.87. The molecule has 0 radical (unpaired) electrons. The van der Waals surface area contributed by atoms with Gasteiger partial charge < -0.3 is 14.6 Å². The molecule has 6 nitrogen and oxygen atoms in total. The molecule has 1 aliphatic heterocycles. The fourth-order valence-corrected chi connectivity index (χ4v) is 4.22. The lowest BCUT2D eigenvalue weighted by Gasteiger charge is -2.35. The van der Waals surface area contributed by atoms with Gasteiger partial charge >= 0.3 is 5.97 Å². The largest absolute Gasteiger partial charge is 0.481 e. The standard InChI is InChI=1S/C22H22N2O4/c1-14-12-23(11-10-15(14)22(27)28)20(25)13-24-18-8-4-2-6-16(18)21(26)17-7-3-5-9-19(17)24/h2-9,14-15H,10-13H2,1H3,(H,27,28). The highest BCUT2D eigenvalue weighted by atomic mass is 16.4. The number of carboxylic acid groups (broad SMARTS) is 1. The molecule has 1 aromatic heterocycles. The van der Waals surface area contributed by atoms with Crippen molar-refractivity contribution in [3.63, 3.8) is 0 Å². The third-order valence-electron chi connectivity index (χ3n) is 5.75. The Morgan fingerprint density at radius 1 is 1.04 bits per heavy atom. The predicted octanol–water partition coefficient (Wildman–Crippen LogP) is 2.72. The van der Waals surface area contributed by atoms with Crippen LogP contribution in [0.25, 0.3) is 21.8 Å². The van der Waals surface area contributed by atoms with Crippen LogP contribution in [0.5, 0.6) is 0 Å². The van der Waals surface area contributed by atoms with E-state index in [9.17, 15) is 19.5 Å². The molecule has 6 heteroatoms. The van der Waals surface area contributed by atoms with Gasteiger partial charge in [0, 0.05) is 23.9 Å². The molecule has 1 fully saturated rings. The number of carbonyl (C=O) groups excluding carboxylic acids is 1. The van der Waals surface area contributed by atoms with E-state index in [2.05, 4.69) is 0 Å². The van der Waals surface area contributed by atoms with Crippen molar-refractivity contribution in [2.75, 3.05) is 13.1 Å². The first kappa shape index (κ1) is 18.2. The lowest BCUT2D eigenvalue weighted by Crippen LogP contribution is -2.46. The summed E-state index contributed by atoms with van der Waals surface area (Å²) in [6, 6.07) is 14.6. The Bertz CT molecular complexity index is 1070. The zero-order chi connectivity index (χ0) is 19.8. The zero-order valence-electron chi connectivity index (χ0n) is 15.7. The number of benzene rings is 2. The Morgan fingerprint density at radius 2 is 1.61 bits per heavy atom. The van der Waals surface area contributed by atoms with E-state index in [4.69, 9.17) is 0 Å². The van der Waals surface area contributed by atoms with Gasteiger partial charge in [-0.25, -0.2) is 0 Å². The van der Waals surface area contributed by atoms with Gasteiger partial charge in [0.05, 0.1) is 17.0 Å². The third kappa shape index (κ3) is 3.05. The smallest absolute Gasteiger partial charge is 0.306 e. The first-order valence-electron chi connectivity index (χ1n) is 9.48. The maximum atomic E-state index is 13.0. The van der Waals surface area contributed by atoms with Gasteiger partial charge in [-0.2, -0.15) is 0 Å². The first-order chi connectivity index (χ1) is 13.5. The summed E-state index contributed by atoms with van der Waals surface area (Å²) in [4.78, 5) is 38.9. The van der Waals surface area contributed by atoms with E-state index in [1.807, 2.05) is 47.9 Å². The number of carbonyl (C=O) groups is 2. The molecule has 1 amide bonds. The molecule has 144 valence electrons. The summed E-state index contributed by atoms with van der Waals surface area (Å²) in [5.41, 5.74) is 1.42. The van der Waals surface area contributed by atoms with Crippen LogP contribution in [-0.4, -0.2) is 39.5 Å². The lowest BCUT2D eigenvalue weighted by molar-refractivity contribution is -0.148. The Balaban J connectivity index is 1.72. The molecule has 2 unspecified atom stereocenters. The van der Waals surface area contributed by atoms with Crippen LogP contribution in [0.3, 0.4) is 0 Å². The number of hydrogen-bond acceptors (Lipinski definition) is 3. The number of rotatable bonds is 3. The summed E-state index contributed by atoms with van der Waals surface area (Å²) in [6.07, 6.45) is 0.466. The van der Waals surface area contributed by atoms with Crippen molar-refractivity contribution in [3.05, 3.63) is 58.8 Å². The molecular formula is C22H22N2O4. The van der Waals surface area contributed by atoms with Crippen LogP contribution in [0.4, 0.5) is 0 Å². The van der Waals surface area contributed by atoms with Gasteiger partial charge in [0.2, 0.25) is 5.91 Å². The minimum atomic E-state index is -0.794. The number of fused-ring (bicyclic) bond motifs is 2. The number of para-hydroxylation sites is 2. The second kappa shape index (κ2) is 7.11. The van der Waals surface area contributed by atoms with Gasteiger partial charge in [0.1, 0.15) is 6.54 Å². The van der Waals surface area contributed by atoms with Crippen molar-refractivity contribution in [1.82, 2.24) is 9.47 Å². The second-order valence-electron chi connectivity index (χ2n) is 7.50. The van der Waals surface area contributed by atoms with E-state index in [0.717, 1.165) is 11.0 Å². The summed E-state index contributed by atoms with van der Waals surface area (Å²) >= 11 is 0. The molecule has 3 aromatic rings. The normalized spacial score (nSPS) is 19.8. The summed E-state index contributed by atoms with van der Waals surface area (Å²) in [6.45, 7) is 2.87. The molecule has 2 atom stereocenters. The zero-order valence-corrected chi connectivity index (χ0v) is 15.7. The summed E-state index contributed by atoms with van der Waals surface area (Å²) in [5.74, 6) is -1.34. The van der Waals surface area contributed by atoms with Crippen LogP contribution in [0.1, 0.15) is 13.3 Å². The number of likely N-dealkylation sites (tertiary alicyclic amines) is 1. The molecule has 0 bridgehead atoms. The number of nitrogens with zero attached hydrogens (tertiary/aromatic N) is 2. The highest BCUT2D eigenvalue weighted by molar-refractivity contribution is 5.94. The number of hydrogen-bond donors (Lipinski definition) is 1. The highest BCUT2D eigenvalue weighted by Gasteiger charge is 2.33. The third-order valence-corrected chi connectivity index (χ3v) is 5.75. The van der Waals surface area contributed by atoms with Crippen molar-refractivity contribution in [2.24, 2.45) is 11.8 Å². The number of aliphatic carboxylic acids is 1. The van der Waals surface area contributed by atoms with E-state index >= 15 is 0 Å².